The molecule has 0 saturated heterocycles. The van der Waals surface area contributed by atoms with Crippen LogP contribution in [0.15, 0.2) is 132 Å². The highest BCUT2D eigenvalue weighted by atomic mass is 16.3. The number of rotatable bonds is 2. The van der Waals surface area contributed by atoms with Gasteiger partial charge < -0.3 is 18.8 Å². The number of anilines is 5. The van der Waals surface area contributed by atoms with Crippen LogP contribution in [0.5, 0.6) is 0 Å². The largest absolute Gasteiger partial charge is 0.454 e. The molecular formula is C64H62BN3O. The van der Waals surface area contributed by atoms with Gasteiger partial charge in [0.05, 0.1) is 11.2 Å². The zero-order valence-electron chi connectivity index (χ0n) is 42.3. The molecule has 0 spiro atoms. The van der Waals surface area contributed by atoms with Gasteiger partial charge in [0.25, 0.3) is 6.71 Å². The summed E-state index contributed by atoms with van der Waals surface area (Å²) in [6.45, 7) is 26.6. The molecule has 9 aromatic rings. The fourth-order valence-electron chi connectivity index (χ4n) is 14.5. The van der Waals surface area contributed by atoms with Gasteiger partial charge >= 0.3 is 0 Å². The van der Waals surface area contributed by atoms with Crippen molar-refractivity contribution < 1.29 is 4.42 Å². The van der Waals surface area contributed by atoms with Gasteiger partial charge in [-0.05, 0) is 136 Å². The van der Waals surface area contributed by atoms with Crippen molar-refractivity contribution in [2.75, 3.05) is 9.80 Å². The van der Waals surface area contributed by atoms with E-state index in [9.17, 15) is 0 Å². The molecule has 2 atom stereocenters. The number of hydrogen-bond donors (Lipinski definition) is 0. The van der Waals surface area contributed by atoms with Crippen molar-refractivity contribution in [2.24, 2.45) is 0 Å². The lowest BCUT2D eigenvalue weighted by atomic mass is 9.33. The van der Waals surface area contributed by atoms with E-state index in [0.717, 1.165) is 34.0 Å². The van der Waals surface area contributed by atoms with E-state index in [1.165, 1.54) is 120 Å². The third kappa shape index (κ3) is 5.16. The van der Waals surface area contributed by atoms with Gasteiger partial charge in [-0.1, -0.05) is 154 Å². The van der Waals surface area contributed by atoms with Gasteiger partial charge in [0.1, 0.15) is 5.58 Å². The Bertz CT molecular complexity index is 3760. The van der Waals surface area contributed by atoms with Crippen LogP contribution in [0.25, 0.3) is 49.7 Å². The summed E-state index contributed by atoms with van der Waals surface area (Å²) < 4.78 is 9.73. The topological polar surface area (TPSA) is 24.6 Å². The molecule has 1 fully saturated rings. The minimum Gasteiger partial charge on any atom is -0.454 e. The predicted octanol–water partition coefficient (Wildman–Crippen LogP) is 15.1. The van der Waals surface area contributed by atoms with Gasteiger partial charge in [0.2, 0.25) is 0 Å². The molecule has 5 heteroatoms. The Kier molecular flexibility index (Phi) is 7.96. The normalized spacial score (nSPS) is 20.6. The maximum absolute atomic E-state index is 7.02. The van der Waals surface area contributed by atoms with Crippen LogP contribution in [0.3, 0.4) is 0 Å². The first-order valence-electron chi connectivity index (χ1n) is 25.7. The van der Waals surface area contributed by atoms with E-state index in [4.69, 9.17) is 4.42 Å². The highest BCUT2D eigenvalue weighted by Gasteiger charge is 2.58. The minimum atomic E-state index is -0.210. The second-order valence-electron chi connectivity index (χ2n) is 24.6. The summed E-state index contributed by atoms with van der Waals surface area (Å²) in [6.07, 6.45) is 4.83. The van der Waals surface area contributed by atoms with Crippen LogP contribution in [-0.4, -0.2) is 16.8 Å². The Morgan fingerprint density at radius 1 is 0.580 bits per heavy atom. The molecule has 342 valence electrons. The summed E-state index contributed by atoms with van der Waals surface area (Å²) in [6, 6.07) is 49.7. The van der Waals surface area contributed by atoms with Gasteiger partial charge in [-0.2, -0.15) is 0 Å². The van der Waals surface area contributed by atoms with E-state index in [2.05, 4.69) is 218 Å². The van der Waals surface area contributed by atoms with Crippen molar-refractivity contribution in [3.8, 4) is 16.8 Å². The Hall–Kier alpha value is -6.46. The third-order valence-electron chi connectivity index (χ3n) is 18.2. The third-order valence-corrected chi connectivity index (χ3v) is 18.2. The second kappa shape index (κ2) is 13.2. The van der Waals surface area contributed by atoms with Crippen molar-refractivity contribution in [3.05, 3.63) is 161 Å². The highest BCUT2D eigenvalue weighted by Crippen LogP contribution is 2.62. The molecule has 3 aliphatic heterocycles. The van der Waals surface area contributed by atoms with Gasteiger partial charge in [0, 0.05) is 72.2 Å². The second-order valence-corrected chi connectivity index (χ2v) is 24.6. The summed E-state index contributed by atoms with van der Waals surface area (Å²) in [7, 11) is 0. The molecule has 0 radical (unpaired) electrons. The van der Waals surface area contributed by atoms with Crippen molar-refractivity contribution in [1.29, 1.82) is 0 Å². The number of furan rings is 1. The van der Waals surface area contributed by atoms with Crippen molar-refractivity contribution >= 4 is 84.4 Å². The molecule has 5 heterocycles. The number of hydrogen-bond acceptors (Lipinski definition) is 3. The molecule has 0 amide bonds. The molecule has 4 nitrogen and oxygen atoms in total. The lowest BCUT2D eigenvalue weighted by molar-refractivity contribution is 0.195. The Morgan fingerprint density at radius 2 is 1.32 bits per heavy atom. The van der Waals surface area contributed by atoms with Crippen LogP contribution in [0.4, 0.5) is 28.4 Å². The monoisotopic (exact) mass is 899 g/mol. The number of aromatic nitrogens is 1. The smallest absolute Gasteiger partial charge is 0.252 e. The SMILES string of the molecule is Cc1cc2c3c(c1)-n1c4c(c5cc(C(C)(C)C)cc(c51)B3c1ccc(N3c5ccc(C(C)(C)C)cc5C5(C)CCCCC35C)cc1N2c1cccc2c1oc1ccccc12)-c1ccccc1C4(C)C. The van der Waals surface area contributed by atoms with E-state index in [0.29, 0.717) is 0 Å². The van der Waals surface area contributed by atoms with E-state index in [1.54, 1.807) is 0 Å². The van der Waals surface area contributed by atoms with Gasteiger partial charge in [-0.25, -0.2) is 0 Å². The molecule has 2 aliphatic carbocycles. The Labute approximate surface area is 408 Å². The molecule has 14 rings (SSSR count). The van der Waals surface area contributed by atoms with Crippen LogP contribution >= 0.6 is 0 Å². The average molecular weight is 900 g/mol. The fourth-order valence-corrected chi connectivity index (χ4v) is 14.5. The standard InChI is InChI=1S/C64H62BN3O/c1-37-31-52-56-53(32-37)67-57-44(55-43-20-12-14-22-45(43)62(8,9)59(55)67)33-39(61(5,6)7)35-48(57)65(56)47-27-26-40(36-51(47)66(52)50-23-18-21-42-41-19-13-15-24-54(41)69-58(42)50)68-49-28-25-38(60(2,3)4)34-46(49)63(10)29-16-17-30-64(63,68)11/h12-15,18-28,31-36H,16-17,29-30H2,1-11H3. The van der Waals surface area contributed by atoms with Crippen LogP contribution in [0, 0.1) is 6.92 Å². The number of aryl methyl sites for hydroxylation is 1. The van der Waals surface area contributed by atoms with E-state index in [-0.39, 0.29) is 33.9 Å². The average Bonchev–Trinajstić information content (AvgIpc) is 4.00. The van der Waals surface area contributed by atoms with Gasteiger partial charge in [0.15, 0.2) is 5.58 Å². The van der Waals surface area contributed by atoms with Crippen molar-refractivity contribution in [2.45, 2.75) is 129 Å². The number of nitrogens with zero attached hydrogens (tertiary/aromatic N) is 3. The summed E-state index contributed by atoms with van der Waals surface area (Å²) in [5, 5.41) is 3.66. The summed E-state index contributed by atoms with van der Waals surface area (Å²) in [5.41, 5.74) is 25.6. The first-order valence-corrected chi connectivity index (χ1v) is 25.7. The highest BCUT2D eigenvalue weighted by molar-refractivity contribution is 7.00. The molecule has 1 saturated carbocycles. The molecule has 2 aromatic heterocycles. The first-order chi connectivity index (χ1) is 32.9. The molecule has 69 heavy (non-hydrogen) atoms. The zero-order valence-corrected chi connectivity index (χ0v) is 42.3. The van der Waals surface area contributed by atoms with Crippen LogP contribution < -0.4 is 26.2 Å². The zero-order chi connectivity index (χ0) is 47.5. The summed E-state index contributed by atoms with van der Waals surface area (Å²) >= 11 is 0. The number of fused-ring (bicyclic) bond motifs is 15. The minimum absolute atomic E-state index is 0.00667. The molecular weight excluding hydrogens is 838 g/mol. The maximum Gasteiger partial charge on any atom is 0.252 e. The van der Waals surface area contributed by atoms with Gasteiger partial charge in [-0.3, -0.25) is 0 Å². The molecule has 0 bridgehead atoms. The van der Waals surface area contributed by atoms with Crippen LogP contribution in [0.2, 0.25) is 0 Å². The van der Waals surface area contributed by atoms with E-state index in [1.807, 2.05) is 0 Å². The van der Waals surface area contributed by atoms with Crippen molar-refractivity contribution in [3.63, 3.8) is 0 Å². The number of benzene rings is 7. The molecule has 2 unspecified atom stereocenters. The number of para-hydroxylation sites is 2. The van der Waals surface area contributed by atoms with Crippen LogP contribution in [-0.2, 0) is 21.7 Å². The fraction of sp³-hybridized carbons (Fsp3) is 0.312. The summed E-state index contributed by atoms with van der Waals surface area (Å²) in [5.74, 6) is 0. The molecule has 7 aromatic carbocycles. The van der Waals surface area contributed by atoms with Gasteiger partial charge in [-0.15, -0.1) is 0 Å². The Balaban J connectivity index is 1.10. The molecule has 5 aliphatic rings. The first kappa shape index (κ1) is 41.5. The molecule has 0 N–H and O–H groups in total. The quantitative estimate of drug-likeness (QED) is 0.162. The van der Waals surface area contributed by atoms with E-state index < -0.39 is 0 Å². The Morgan fingerprint density at radius 3 is 2.13 bits per heavy atom. The lowest BCUT2D eigenvalue weighted by Crippen LogP contribution is -2.61. The van der Waals surface area contributed by atoms with Crippen molar-refractivity contribution in [1.82, 2.24) is 4.57 Å². The summed E-state index contributed by atoms with van der Waals surface area (Å²) in [4.78, 5) is 5.38. The lowest BCUT2D eigenvalue weighted by Gasteiger charge is -2.50. The predicted molar refractivity (Wildman–Crippen MR) is 292 cm³/mol. The van der Waals surface area contributed by atoms with Crippen LogP contribution in [0.1, 0.15) is 128 Å². The maximum atomic E-state index is 7.02. The van der Waals surface area contributed by atoms with E-state index >= 15 is 0 Å².